The highest BCUT2D eigenvalue weighted by atomic mass is 35.5. The molecule has 0 aromatic heterocycles. The number of nitrogens with one attached hydrogen (secondary N) is 1. The van der Waals surface area contributed by atoms with E-state index in [1.54, 1.807) is 0 Å². The predicted octanol–water partition coefficient (Wildman–Crippen LogP) is 4.49. The van der Waals surface area contributed by atoms with Gasteiger partial charge in [-0.3, -0.25) is 0 Å². The molecular weight excluding hydrogens is 280 g/mol. The van der Waals surface area contributed by atoms with Crippen molar-refractivity contribution >= 4 is 11.6 Å². The van der Waals surface area contributed by atoms with Crippen molar-refractivity contribution in [2.75, 3.05) is 0 Å². The van der Waals surface area contributed by atoms with Gasteiger partial charge in [0.2, 0.25) is 0 Å². The molecule has 0 radical (unpaired) electrons. The number of hydrogen-bond donors (Lipinski definition) is 1. The van der Waals surface area contributed by atoms with Crippen molar-refractivity contribution in [2.24, 2.45) is 0 Å². The molecule has 0 bridgehead atoms. The molecule has 21 heavy (non-hydrogen) atoms. The molecule has 1 N–H and O–H groups in total. The Kier molecular flexibility index (Phi) is 5.38. The van der Waals surface area contributed by atoms with Gasteiger partial charge in [-0.1, -0.05) is 35.9 Å². The van der Waals surface area contributed by atoms with Gasteiger partial charge in [0.15, 0.2) is 0 Å². The second kappa shape index (κ2) is 7.26. The van der Waals surface area contributed by atoms with Gasteiger partial charge in [-0.25, -0.2) is 0 Å². The highest BCUT2D eigenvalue weighted by Crippen LogP contribution is 2.16. The Bertz CT molecular complexity index is 628. The first-order chi connectivity index (χ1) is 10.1. The SMILES string of the molecule is CC(Cc1cccc(Cl)c1)NC(C)c1ccc(C#N)cc1. The third kappa shape index (κ3) is 4.60. The number of benzene rings is 2. The first kappa shape index (κ1) is 15.6. The second-order valence-corrected chi connectivity index (χ2v) is 5.79. The molecule has 0 aliphatic heterocycles. The van der Waals surface area contributed by atoms with E-state index in [4.69, 9.17) is 16.9 Å². The molecular formula is C18H19ClN2. The lowest BCUT2D eigenvalue weighted by molar-refractivity contribution is 0.477. The van der Waals surface area contributed by atoms with Gasteiger partial charge in [-0.2, -0.15) is 5.26 Å². The fraction of sp³-hybridized carbons (Fsp3) is 0.278. The van der Waals surface area contributed by atoms with E-state index in [-0.39, 0.29) is 6.04 Å². The molecule has 0 aliphatic rings. The number of rotatable bonds is 5. The summed E-state index contributed by atoms with van der Waals surface area (Å²) in [4.78, 5) is 0. The van der Waals surface area contributed by atoms with E-state index in [9.17, 15) is 0 Å². The molecule has 2 nitrogen and oxygen atoms in total. The molecule has 0 amide bonds. The van der Waals surface area contributed by atoms with Crippen molar-refractivity contribution in [3.05, 3.63) is 70.2 Å². The minimum atomic E-state index is 0.243. The van der Waals surface area contributed by atoms with Crippen molar-refractivity contribution < 1.29 is 0 Å². The lowest BCUT2D eigenvalue weighted by Gasteiger charge is -2.20. The highest BCUT2D eigenvalue weighted by molar-refractivity contribution is 6.30. The summed E-state index contributed by atoms with van der Waals surface area (Å²) in [6.45, 7) is 4.30. The van der Waals surface area contributed by atoms with E-state index in [0.717, 1.165) is 11.4 Å². The fourth-order valence-electron chi connectivity index (χ4n) is 2.45. The summed E-state index contributed by atoms with van der Waals surface area (Å²) in [6, 6.07) is 18.4. The number of nitrogens with zero attached hydrogens (tertiary/aromatic N) is 1. The lowest BCUT2D eigenvalue weighted by atomic mass is 10.0. The van der Waals surface area contributed by atoms with E-state index in [1.165, 1.54) is 11.1 Å². The fourth-order valence-corrected chi connectivity index (χ4v) is 2.66. The van der Waals surface area contributed by atoms with E-state index in [2.05, 4.69) is 31.3 Å². The maximum Gasteiger partial charge on any atom is 0.0991 e. The molecule has 2 atom stereocenters. The van der Waals surface area contributed by atoms with Gasteiger partial charge in [-0.15, -0.1) is 0 Å². The van der Waals surface area contributed by atoms with Crippen LogP contribution in [-0.4, -0.2) is 6.04 Å². The quantitative estimate of drug-likeness (QED) is 0.882. The van der Waals surface area contributed by atoms with Crippen LogP contribution in [0.15, 0.2) is 48.5 Å². The van der Waals surface area contributed by atoms with Gasteiger partial charge in [-0.05, 0) is 55.7 Å². The standard InChI is InChI=1S/C18H19ClN2/c1-13(10-16-4-3-5-18(19)11-16)21-14(2)17-8-6-15(12-20)7-9-17/h3-9,11,13-14,21H,10H2,1-2H3. The maximum atomic E-state index is 8.82. The lowest BCUT2D eigenvalue weighted by Crippen LogP contribution is -2.30. The molecule has 0 saturated carbocycles. The third-order valence-electron chi connectivity index (χ3n) is 3.51. The van der Waals surface area contributed by atoms with Crippen LogP contribution in [-0.2, 0) is 6.42 Å². The van der Waals surface area contributed by atoms with Crippen LogP contribution in [0.2, 0.25) is 5.02 Å². The molecule has 3 heteroatoms. The molecule has 2 aromatic rings. The van der Waals surface area contributed by atoms with Crippen molar-refractivity contribution in [1.29, 1.82) is 5.26 Å². The van der Waals surface area contributed by atoms with Crippen LogP contribution >= 0.6 is 11.6 Å². The van der Waals surface area contributed by atoms with Crippen LogP contribution in [0, 0.1) is 11.3 Å². The minimum Gasteiger partial charge on any atom is -0.307 e. The molecule has 2 unspecified atom stereocenters. The topological polar surface area (TPSA) is 35.8 Å². The first-order valence-corrected chi connectivity index (χ1v) is 7.47. The van der Waals surface area contributed by atoms with Crippen LogP contribution in [0.4, 0.5) is 0 Å². The van der Waals surface area contributed by atoms with Gasteiger partial charge >= 0.3 is 0 Å². The monoisotopic (exact) mass is 298 g/mol. The van der Waals surface area contributed by atoms with Gasteiger partial charge in [0.1, 0.15) is 0 Å². The van der Waals surface area contributed by atoms with Crippen LogP contribution in [0.1, 0.15) is 36.6 Å². The zero-order chi connectivity index (χ0) is 15.2. The summed E-state index contributed by atoms with van der Waals surface area (Å²) in [5.41, 5.74) is 3.11. The van der Waals surface area contributed by atoms with E-state index in [1.807, 2.05) is 42.5 Å². The molecule has 0 aliphatic carbocycles. The Balaban J connectivity index is 1.95. The van der Waals surface area contributed by atoms with Crippen molar-refractivity contribution in [3.8, 4) is 6.07 Å². The van der Waals surface area contributed by atoms with Crippen molar-refractivity contribution in [3.63, 3.8) is 0 Å². The summed E-state index contributed by atoms with van der Waals surface area (Å²) in [6.07, 6.45) is 0.932. The molecule has 0 heterocycles. The smallest absolute Gasteiger partial charge is 0.0991 e. The average Bonchev–Trinajstić information content (AvgIpc) is 2.47. The summed E-state index contributed by atoms with van der Waals surface area (Å²) in [7, 11) is 0. The van der Waals surface area contributed by atoms with Crippen LogP contribution < -0.4 is 5.32 Å². The van der Waals surface area contributed by atoms with Gasteiger partial charge in [0, 0.05) is 17.1 Å². The van der Waals surface area contributed by atoms with E-state index >= 15 is 0 Å². The Morgan fingerprint density at radius 3 is 2.48 bits per heavy atom. The van der Waals surface area contributed by atoms with Gasteiger partial charge < -0.3 is 5.32 Å². The Hall–Kier alpha value is -1.82. The van der Waals surface area contributed by atoms with Crippen LogP contribution in [0.25, 0.3) is 0 Å². The molecule has 2 aromatic carbocycles. The van der Waals surface area contributed by atoms with Crippen LogP contribution in [0.5, 0.6) is 0 Å². The summed E-state index contributed by atoms with van der Waals surface area (Å²) < 4.78 is 0. The molecule has 108 valence electrons. The summed E-state index contributed by atoms with van der Waals surface area (Å²) in [5.74, 6) is 0. The zero-order valence-electron chi connectivity index (χ0n) is 12.3. The number of halogens is 1. The van der Waals surface area contributed by atoms with E-state index in [0.29, 0.717) is 11.6 Å². The largest absolute Gasteiger partial charge is 0.307 e. The number of hydrogen-bond acceptors (Lipinski definition) is 2. The third-order valence-corrected chi connectivity index (χ3v) is 3.74. The molecule has 2 rings (SSSR count). The Labute approximate surface area is 131 Å². The Morgan fingerprint density at radius 2 is 1.86 bits per heavy atom. The highest BCUT2D eigenvalue weighted by Gasteiger charge is 2.10. The molecule has 0 fully saturated rings. The molecule has 0 spiro atoms. The zero-order valence-corrected chi connectivity index (χ0v) is 13.1. The van der Waals surface area contributed by atoms with Crippen molar-refractivity contribution in [1.82, 2.24) is 5.32 Å². The summed E-state index contributed by atoms with van der Waals surface area (Å²) in [5, 5.41) is 13.2. The van der Waals surface area contributed by atoms with E-state index < -0.39 is 0 Å². The normalized spacial score (nSPS) is 13.4. The minimum absolute atomic E-state index is 0.243. The summed E-state index contributed by atoms with van der Waals surface area (Å²) >= 11 is 6.01. The first-order valence-electron chi connectivity index (χ1n) is 7.09. The maximum absolute atomic E-state index is 8.82. The van der Waals surface area contributed by atoms with Gasteiger partial charge in [0.25, 0.3) is 0 Å². The average molecular weight is 299 g/mol. The molecule has 0 saturated heterocycles. The predicted molar refractivity (Wildman–Crippen MR) is 87.3 cm³/mol. The number of nitriles is 1. The van der Waals surface area contributed by atoms with Gasteiger partial charge in [0.05, 0.1) is 11.6 Å². The Morgan fingerprint density at radius 1 is 1.14 bits per heavy atom. The van der Waals surface area contributed by atoms with Crippen LogP contribution in [0.3, 0.4) is 0 Å². The second-order valence-electron chi connectivity index (χ2n) is 5.36. The van der Waals surface area contributed by atoms with Crippen molar-refractivity contribution in [2.45, 2.75) is 32.4 Å².